The van der Waals surface area contributed by atoms with E-state index < -0.39 is 0 Å². The average Bonchev–Trinajstić information content (AvgIpc) is 3.13. The van der Waals surface area contributed by atoms with Crippen LogP contribution < -0.4 is 15.0 Å². The van der Waals surface area contributed by atoms with E-state index in [2.05, 4.69) is 10.2 Å². The largest absolute Gasteiger partial charge is 0.495 e. The van der Waals surface area contributed by atoms with E-state index in [9.17, 15) is 9.59 Å². The molecule has 2 bridgehead atoms. The molecule has 0 aromatic heterocycles. The first-order chi connectivity index (χ1) is 12.6. The Balaban J connectivity index is 0.00000210. The minimum absolute atomic E-state index is 0. The Bertz CT molecular complexity index is 716. The molecular weight excluding hydrogens is 389 g/mol. The Morgan fingerprint density at radius 2 is 2.04 bits per heavy atom. The van der Waals surface area contributed by atoms with Gasteiger partial charge in [0, 0.05) is 36.6 Å². The maximum Gasteiger partial charge on any atom is 0.228 e. The first-order valence-corrected chi connectivity index (χ1v) is 9.63. The van der Waals surface area contributed by atoms with Crippen LogP contribution in [0.25, 0.3) is 0 Å². The number of halogens is 2. The van der Waals surface area contributed by atoms with Crippen molar-refractivity contribution in [2.24, 2.45) is 5.92 Å². The molecule has 0 radical (unpaired) electrons. The zero-order valence-electron chi connectivity index (χ0n) is 15.3. The number of carbonyl (C=O) groups is 2. The lowest BCUT2D eigenvalue weighted by molar-refractivity contribution is -0.138. The summed E-state index contributed by atoms with van der Waals surface area (Å²) < 4.78 is 5.38. The second-order valence-electron chi connectivity index (χ2n) is 7.34. The predicted molar refractivity (Wildman–Crippen MR) is 107 cm³/mol. The SMILES string of the molecule is COc1ccc(Cl)cc1N1CC(C(=O)N2C3CCNCC2CC3)CC1=O.Cl. The van der Waals surface area contributed by atoms with Crippen LogP contribution in [0.5, 0.6) is 5.75 Å². The number of nitrogens with one attached hydrogen (secondary N) is 1. The first-order valence-electron chi connectivity index (χ1n) is 9.25. The molecule has 1 N–H and O–H groups in total. The van der Waals surface area contributed by atoms with Gasteiger partial charge in [-0.05, 0) is 44.0 Å². The fourth-order valence-corrected chi connectivity index (χ4v) is 4.70. The van der Waals surface area contributed by atoms with Crippen molar-refractivity contribution in [1.29, 1.82) is 0 Å². The number of benzene rings is 1. The summed E-state index contributed by atoms with van der Waals surface area (Å²) in [6.07, 6.45) is 3.37. The lowest BCUT2D eigenvalue weighted by Crippen LogP contribution is -2.46. The van der Waals surface area contributed by atoms with E-state index >= 15 is 0 Å². The highest BCUT2D eigenvalue weighted by molar-refractivity contribution is 6.31. The molecule has 4 rings (SSSR count). The Kier molecular flexibility index (Phi) is 6.18. The zero-order chi connectivity index (χ0) is 18.3. The summed E-state index contributed by atoms with van der Waals surface area (Å²) in [5, 5.41) is 3.96. The van der Waals surface area contributed by atoms with Crippen LogP contribution in [0.1, 0.15) is 25.7 Å². The van der Waals surface area contributed by atoms with Crippen LogP contribution in [0.15, 0.2) is 18.2 Å². The van der Waals surface area contributed by atoms with Gasteiger partial charge in [0.25, 0.3) is 0 Å². The van der Waals surface area contributed by atoms with Crippen molar-refractivity contribution in [1.82, 2.24) is 10.2 Å². The van der Waals surface area contributed by atoms with Gasteiger partial charge in [-0.1, -0.05) is 11.6 Å². The van der Waals surface area contributed by atoms with Crippen molar-refractivity contribution in [2.75, 3.05) is 31.6 Å². The van der Waals surface area contributed by atoms with E-state index in [-0.39, 0.29) is 42.6 Å². The normalized spacial score (nSPS) is 27.3. The Hall–Kier alpha value is -1.50. The van der Waals surface area contributed by atoms with Gasteiger partial charge in [0.05, 0.1) is 18.7 Å². The molecule has 0 spiro atoms. The molecule has 3 atom stereocenters. The van der Waals surface area contributed by atoms with Crippen LogP contribution in [-0.4, -0.2) is 55.5 Å². The molecular formula is C19H25Cl2N3O3. The second-order valence-corrected chi connectivity index (χ2v) is 7.78. The van der Waals surface area contributed by atoms with Gasteiger partial charge >= 0.3 is 0 Å². The molecule has 3 unspecified atom stereocenters. The molecule has 148 valence electrons. The van der Waals surface area contributed by atoms with Crippen LogP contribution in [0, 0.1) is 5.92 Å². The molecule has 1 aromatic carbocycles. The third kappa shape index (κ3) is 3.75. The molecule has 3 saturated heterocycles. The van der Waals surface area contributed by atoms with Crippen molar-refractivity contribution in [3.63, 3.8) is 0 Å². The minimum Gasteiger partial charge on any atom is -0.495 e. The monoisotopic (exact) mass is 413 g/mol. The van der Waals surface area contributed by atoms with E-state index in [1.807, 2.05) is 0 Å². The van der Waals surface area contributed by atoms with Gasteiger partial charge in [-0.2, -0.15) is 0 Å². The maximum atomic E-state index is 13.2. The van der Waals surface area contributed by atoms with Crippen molar-refractivity contribution < 1.29 is 14.3 Å². The third-order valence-corrected chi connectivity index (χ3v) is 6.05. The molecule has 3 aliphatic heterocycles. The number of amides is 2. The fraction of sp³-hybridized carbons (Fsp3) is 0.579. The molecule has 0 aliphatic carbocycles. The Morgan fingerprint density at radius 3 is 2.81 bits per heavy atom. The highest BCUT2D eigenvalue weighted by Crippen LogP contribution is 2.37. The molecule has 3 heterocycles. The van der Waals surface area contributed by atoms with Gasteiger partial charge in [0.15, 0.2) is 0 Å². The summed E-state index contributed by atoms with van der Waals surface area (Å²) in [5.74, 6) is 0.365. The lowest BCUT2D eigenvalue weighted by Gasteiger charge is -2.30. The van der Waals surface area contributed by atoms with Crippen molar-refractivity contribution in [3.05, 3.63) is 23.2 Å². The maximum absolute atomic E-state index is 13.2. The molecule has 3 fully saturated rings. The number of nitrogens with zero attached hydrogens (tertiary/aromatic N) is 2. The molecule has 3 aliphatic rings. The van der Waals surface area contributed by atoms with Crippen molar-refractivity contribution >= 4 is 41.5 Å². The van der Waals surface area contributed by atoms with Crippen molar-refractivity contribution in [3.8, 4) is 5.75 Å². The average molecular weight is 414 g/mol. The molecule has 0 saturated carbocycles. The quantitative estimate of drug-likeness (QED) is 0.826. The van der Waals surface area contributed by atoms with E-state index in [1.165, 1.54) is 0 Å². The van der Waals surface area contributed by atoms with Gasteiger partial charge < -0.3 is 19.9 Å². The molecule has 2 amide bonds. The molecule has 27 heavy (non-hydrogen) atoms. The number of hydrogen-bond donors (Lipinski definition) is 1. The molecule has 6 nitrogen and oxygen atoms in total. The van der Waals surface area contributed by atoms with Gasteiger partial charge in [-0.25, -0.2) is 0 Å². The highest BCUT2D eigenvalue weighted by atomic mass is 35.5. The number of methoxy groups -OCH3 is 1. The van der Waals surface area contributed by atoms with Crippen LogP contribution in [0.2, 0.25) is 5.02 Å². The highest BCUT2D eigenvalue weighted by Gasteiger charge is 2.44. The van der Waals surface area contributed by atoms with E-state index in [4.69, 9.17) is 16.3 Å². The van der Waals surface area contributed by atoms with E-state index in [0.29, 0.717) is 29.0 Å². The lowest BCUT2D eigenvalue weighted by atomic mass is 10.1. The topological polar surface area (TPSA) is 61.9 Å². The van der Waals surface area contributed by atoms with E-state index in [0.717, 1.165) is 32.4 Å². The van der Waals surface area contributed by atoms with Gasteiger partial charge in [-0.3, -0.25) is 9.59 Å². The van der Waals surface area contributed by atoms with Crippen molar-refractivity contribution in [2.45, 2.75) is 37.8 Å². The van der Waals surface area contributed by atoms with Gasteiger partial charge in [0.1, 0.15) is 5.75 Å². The number of ether oxygens (including phenoxy) is 1. The summed E-state index contributed by atoms with van der Waals surface area (Å²) in [6, 6.07) is 5.78. The number of fused-ring (bicyclic) bond motifs is 2. The summed E-state index contributed by atoms with van der Waals surface area (Å²) in [6.45, 7) is 2.20. The van der Waals surface area contributed by atoms with Crippen LogP contribution in [0.4, 0.5) is 5.69 Å². The summed E-state index contributed by atoms with van der Waals surface area (Å²) in [5.41, 5.74) is 0.640. The van der Waals surface area contributed by atoms with Crippen LogP contribution >= 0.6 is 24.0 Å². The van der Waals surface area contributed by atoms with Gasteiger partial charge in [0.2, 0.25) is 11.8 Å². The summed E-state index contributed by atoms with van der Waals surface area (Å²) in [7, 11) is 1.57. The second kappa shape index (κ2) is 8.25. The minimum atomic E-state index is -0.299. The van der Waals surface area contributed by atoms with Crippen LogP contribution in [0.3, 0.4) is 0 Å². The predicted octanol–water partition coefficient (Wildman–Crippen LogP) is 2.48. The zero-order valence-corrected chi connectivity index (χ0v) is 16.9. The number of rotatable bonds is 3. The summed E-state index contributed by atoms with van der Waals surface area (Å²) in [4.78, 5) is 29.6. The number of anilines is 1. The van der Waals surface area contributed by atoms with E-state index in [1.54, 1.807) is 30.2 Å². The van der Waals surface area contributed by atoms with Gasteiger partial charge in [-0.15, -0.1) is 12.4 Å². The third-order valence-electron chi connectivity index (χ3n) is 5.81. The number of carbonyl (C=O) groups excluding carboxylic acids is 2. The fourth-order valence-electron chi connectivity index (χ4n) is 4.53. The Morgan fingerprint density at radius 1 is 1.26 bits per heavy atom. The Labute approximate surface area is 170 Å². The molecule has 8 heteroatoms. The number of hydrogen-bond acceptors (Lipinski definition) is 4. The molecule has 1 aromatic rings. The smallest absolute Gasteiger partial charge is 0.228 e. The summed E-state index contributed by atoms with van der Waals surface area (Å²) >= 11 is 6.11. The first kappa shape index (κ1) is 20.2. The van der Waals surface area contributed by atoms with Crippen LogP contribution in [-0.2, 0) is 9.59 Å². The standard InChI is InChI=1S/C19H24ClN3O3.ClH/c1-26-17-5-2-13(20)9-16(17)22-11-12(8-18(22)24)19(25)23-14-3-4-15(23)10-21-7-6-14;/h2,5,9,12,14-15,21H,3-4,6-8,10-11H2,1H3;1H.